The maximum absolute atomic E-state index is 11.1. The molecule has 0 fully saturated rings. The van der Waals surface area contributed by atoms with Crippen molar-refractivity contribution in [3.63, 3.8) is 0 Å². The number of primary amides is 2. The minimum atomic E-state index is -0.492. The van der Waals surface area contributed by atoms with Gasteiger partial charge in [-0.1, -0.05) is 18.2 Å². The van der Waals surface area contributed by atoms with Crippen LogP contribution in [0.4, 0.5) is 0 Å². The molecule has 1 rings (SSSR count). The third-order valence-corrected chi connectivity index (χ3v) is 2.03. The van der Waals surface area contributed by atoms with E-state index in [2.05, 4.69) is 0 Å². The molecular weight excluding hydrogens is 208 g/mol. The van der Waals surface area contributed by atoms with Crippen LogP contribution in [-0.2, 0) is 16.1 Å². The lowest BCUT2D eigenvalue weighted by Gasteiger charge is -2.06. The third kappa shape index (κ3) is 3.70. The van der Waals surface area contributed by atoms with Crippen LogP contribution in [0, 0.1) is 0 Å². The van der Waals surface area contributed by atoms with Crippen LogP contribution in [-0.4, -0.2) is 18.4 Å². The highest BCUT2D eigenvalue weighted by Gasteiger charge is 2.06. The lowest BCUT2D eigenvalue weighted by molar-refractivity contribution is -0.119. The molecule has 2 amide bonds. The molecule has 16 heavy (non-hydrogen) atoms. The molecule has 0 atom stereocenters. The SMILES string of the molecule is NC(=O)CCOCc1ccccc1C(N)=O. The van der Waals surface area contributed by atoms with Gasteiger partial charge in [0.15, 0.2) is 0 Å². The van der Waals surface area contributed by atoms with E-state index in [1.807, 2.05) is 0 Å². The number of hydrogen-bond donors (Lipinski definition) is 2. The Hall–Kier alpha value is -1.88. The Balaban J connectivity index is 2.53. The summed E-state index contributed by atoms with van der Waals surface area (Å²) in [5, 5.41) is 0. The van der Waals surface area contributed by atoms with Gasteiger partial charge in [0.25, 0.3) is 0 Å². The summed E-state index contributed by atoms with van der Waals surface area (Å²) in [6.07, 6.45) is 0.165. The topological polar surface area (TPSA) is 95.4 Å². The first kappa shape index (κ1) is 12.2. The molecule has 0 bridgehead atoms. The van der Waals surface area contributed by atoms with Crippen LogP contribution in [0.5, 0.6) is 0 Å². The number of rotatable bonds is 6. The quantitative estimate of drug-likeness (QED) is 0.672. The second kappa shape index (κ2) is 5.87. The van der Waals surface area contributed by atoms with Gasteiger partial charge in [-0.25, -0.2) is 0 Å². The van der Waals surface area contributed by atoms with Crippen molar-refractivity contribution in [3.05, 3.63) is 35.4 Å². The van der Waals surface area contributed by atoms with E-state index in [1.165, 1.54) is 0 Å². The number of ether oxygens (including phenoxy) is 1. The predicted molar refractivity (Wildman–Crippen MR) is 58.4 cm³/mol. The number of benzene rings is 1. The fourth-order valence-corrected chi connectivity index (χ4v) is 1.24. The molecule has 0 aromatic heterocycles. The molecule has 0 aliphatic heterocycles. The van der Waals surface area contributed by atoms with Crippen molar-refractivity contribution < 1.29 is 14.3 Å². The Morgan fingerprint density at radius 1 is 1.19 bits per heavy atom. The second-order valence-electron chi connectivity index (χ2n) is 3.29. The van der Waals surface area contributed by atoms with Crippen LogP contribution < -0.4 is 11.5 Å². The Morgan fingerprint density at radius 2 is 1.88 bits per heavy atom. The summed E-state index contributed by atoms with van der Waals surface area (Å²) in [5.41, 5.74) is 11.3. The summed E-state index contributed by atoms with van der Waals surface area (Å²) in [4.78, 5) is 21.5. The van der Waals surface area contributed by atoms with E-state index in [0.717, 1.165) is 0 Å². The van der Waals surface area contributed by atoms with E-state index >= 15 is 0 Å². The fraction of sp³-hybridized carbons (Fsp3) is 0.273. The van der Waals surface area contributed by atoms with Crippen LogP contribution >= 0.6 is 0 Å². The van der Waals surface area contributed by atoms with Crippen LogP contribution in [0.1, 0.15) is 22.3 Å². The molecule has 0 aliphatic rings. The highest BCUT2D eigenvalue weighted by Crippen LogP contribution is 2.09. The first-order valence-electron chi connectivity index (χ1n) is 4.85. The molecule has 0 radical (unpaired) electrons. The normalized spacial score (nSPS) is 10.0. The van der Waals surface area contributed by atoms with Gasteiger partial charge in [0.2, 0.25) is 11.8 Å². The number of amides is 2. The van der Waals surface area contributed by atoms with Crippen molar-refractivity contribution in [1.82, 2.24) is 0 Å². The van der Waals surface area contributed by atoms with E-state index in [1.54, 1.807) is 24.3 Å². The van der Waals surface area contributed by atoms with Gasteiger partial charge in [-0.3, -0.25) is 9.59 Å². The van der Waals surface area contributed by atoms with E-state index in [9.17, 15) is 9.59 Å². The summed E-state index contributed by atoms with van der Waals surface area (Å²) in [6.45, 7) is 0.481. The third-order valence-electron chi connectivity index (χ3n) is 2.03. The molecule has 0 saturated heterocycles. The van der Waals surface area contributed by atoms with E-state index in [-0.39, 0.29) is 19.6 Å². The van der Waals surface area contributed by atoms with Crippen molar-refractivity contribution in [2.75, 3.05) is 6.61 Å². The monoisotopic (exact) mass is 222 g/mol. The summed E-state index contributed by atoms with van der Waals surface area (Å²) in [5.74, 6) is -0.905. The average Bonchev–Trinajstić information content (AvgIpc) is 2.24. The first-order valence-corrected chi connectivity index (χ1v) is 4.85. The van der Waals surface area contributed by atoms with Crippen molar-refractivity contribution >= 4 is 11.8 Å². The van der Waals surface area contributed by atoms with Gasteiger partial charge >= 0.3 is 0 Å². The highest BCUT2D eigenvalue weighted by atomic mass is 16.5. The largest absolute Gasteiger partial charge is 0.376 e. The number of hydrogen-bond acceptors (Lipinski definition) is 3. The predicted octanol–water partition coefficient (Wildman–Crippen LogP) is 0.177. The highest BCUT2D eigenvalue weighted by molar-refractivity contribution is 5.94. The molecule has 0 unspecified atom stereocenters. The van der Waals surface area contributed by atoms with E-state index in [4.69, 9.17) is 16.2 Å². The smallest absolute Gasteiger partial charge is 0.249 e. The number of nitrogens with two attached hydrogens (primary N) is 2. The van der Waals surface area contributed by atoms with E-state index in [0.29, 0.717) is 11.1 Å². The maximum Gasteiger partial charge on any atom is 0.249 e. The van der Waals surface area contributed by atoms with Crippen LogP contribution in [0.15, 0.2) is 24.3 Å². The lowest BCUT2D eigenvalue weighted by atomic mass is 10.1. The van der Waals surface area contributed by atoms with Gasteiger partial charge in [0.1, 0.15) is 0 Å². The van der Waals surface area contributed by atoms with Gasteiger partial charge < -0.3 is 16.2 Å². The van der Waals surface area contributed by atoms with Crippen LogP contribution in [0.25, 0.3) is 0 Å². The number of carbonyl (C=O) groups is 2. The Labute approximate surface area is 93.4 Å². The summed E-state index contributed by atoms with van der Waals surface area (Å²) < 4.78 is 5.21. The second-order valence-corrected chi connectivity index (χ2v) is 3.29. The molecule has 4 N–H and O–H groups in total. The van der Waals surface area contributed by atoms with Crippen molar-refractivity contribution in [2.24, 2.45) is 11.5 Å². The van der Waals surface area contributed by atoms with Crippen molar-refractivity contribution in [3.8, 4) is 0 Å². The van der Waals surface area contributed by atoms with Crippen molar-refractivity contribution in [1.29, 1.82) is 0 Å². The fourth-order valence-electron chi connectivity index (χ4n) is 1.24. The van der Waals surface area contributed by atoms with Gasteiger partial charge in [-0.05, 0) is 11.6 Å². The molecule has 0 aliphatic carbocycles. The zero-order valence-electron chi connectivity index (χ0n) is 8.81. The van der Waals surface area contributed by atoms with Crippen molar-refractivity contribution in [2.45, 2.75) is 13.0 Å². The van der Waals surface area contributed by atoms with Gasteiger partial charge in [0.05, 0.1) is 13.2 Å². The lowest BCUT2D eigenvalue weighted by Crippen LogP contribution is -2.15. The summed E-state index contributed by atoms with van der Waals surface area (Å²) in [6, 6.07) is 6.91. The molecule has 5 nitrogen and oxygen atoms in total. The van der Waals surface area contributed by atoms with Crippen LogP contribution in [0.2, 0.25) is 0 Å². The van der Waals surface area contributed by atoms with Gasteiger partial charge in [-0.15, -0.1) is 0 Å². The molecular formula is C11H14N2O3. The van der Waals surface area contributed by atoms with E-state index < -0.39 is 11.8 Å². The standard InChI is InChI=1S/C11H14N2O3/c12-10(14)5-6-16-7-8-3-1-2-4-9(8)11(13)15/h1-4H,5-7H2,(H2,12,14)(H2,13,15). The molecule has 1 aromatic carbocycles. The maximum atomic E-state index is 11.1. The summed E-state index contributed by atoms with van der Waals surface area (Å²) >= 11 is 0. The Kier molecular flexibility index (Phi) is 4.47. The number of carbonyl (C=O) groups excluding carboxylic acids is 2. The minimum absolute atomic E-state index is 0.165. The van der Waals surface area contributed by atoms with Crippen LogP contribution in [0.3, 0.4) is 0 Å². The first-order chi connectivity index (χ1) is 7.61. The summed E-state index contributed by atoms with van der Waals surface area (Å²) in [7, 11) is 0. The molecule has 1 aromatic rings. The zero-order valence-corrected chi connectivity index (χ0v) is 8.81. The molecule has 86 valence electrons. The molecule has 5 heteroatoms. The van der Waals surface area contributed by atoms with Gasteiger partial charge in [-0.2, -0.15) is 0 Å². The molecule has 0 saturated carbocycles. The Morgan fingerprint density at radius 3 is 2.50 bits per heavy atom. The molecule has 0 heterocycles. The van der Waals surface area contributed by atoms with Gasteiger partial charge in [0, 0.05) is 12.0 Å². The molecule has 0 spiro atoms. The zero-order chi connectivity index (χ0) is 12.0. The average molecular weight is 222 g/mol. The Bertz CT molecular complexity index is 391. The minimum Gasteiger partial charge on any atom is -0.376 e.